The van der Waals surface area contributed by atoms with E-state index in [1.807, 2.05) is 29.1 Å². The second-order valence-electron chi connectivity index (χ2n) is 9.29. The third kappa shape index (κ3) is 5.77. The first-order chi connectivity index (χ1) is 18.2. The van der Waals surface area contributed by atoms with Crippen molar-refractivity contribution in [2.24, 2.45) is 10.9 Å². The van der Waals surface area contributed by atoms with Crippen molar-refractivity contribution in [1.29, 1.82) is 0 Å². The van der Waals surface area contributed by atoms with Gasteiger partial charge in [0.2, 0.25) is 11.8 Å². The lowest BCUT2D eigenvalue weighted by atomic mass is 10.1. The quantitative estimate of drug-likeness (QED) is 0.201. The maximum absolute atomic E-state index is 12.5. The summed E-state index contributed by atoms with van der Waals surface area (Å²) in [6, 6.07) is 5.73. The summed E-state index contributed by atoms with van der Waals surface area (Å²) in [4.78, 5) is 42.3. The largest absolute Gasteiger partial charge is 0.494 e. The number of hydrogen-bond donors (Lipinski definition) is 3. The van der Waals surface area contributed by atoms with Crippen LogP contribution in [0, 0.1) is 5.92 Å². The van der Waals surface area contributed by atoms with E-state index in [-0.39, 0.29) is 35.3 Å². The highest BCUT2D eigenvalue weighted by molar-refractivity contribution is 6.08. The number of nitrogens with one attached hydrogen (secondary N) is 3. The van der Waals surface area contributed by atoms with Crippen molar-refractivity contribution < 1.29 is 19.1 Å². The topological polar surface area (TPSA) is 130 Å². The number of carbonyl (C=O) groups excluding carboxylic acids is 3. The Morgan fingerprint density at radius 3 is 2.58 bits per heavy atom. The van der Waals surface area contributed by atoms with Gasteiger partial charge in [0.25, 0.3) is 5.91 Å². The van der Waals surface area contributed by atoms with Crippen LogP contribution in [0.5, 0.6) is 5.75 Å². The van der Waals surface area contributed by atoms with Crippen molar-refractivity contribution in [3.05, 3.63) is 54.5 Å². The molecule has 1 aliphatic heterocycles. The normalized spacial score (nSPS) is 15.9. The first-order valence-corrected chi connectivity index (χ1v) is 12.4. The van der Waals surface area contributed by atoms with E-state index in [2.05, 4.69) is 32.6 Å². The zero-order chi connectivity index (χ0) is 27.4. The molecule has 1 aromatic carbocycles. The van der Waals surface area contributed by atoms with Crippen LogP contribution in [-0.2, 0) is 14.4 Å². The molecule has 3 amide bonds. The third-order valence-corrected chi connectivity index (χ3v) is 6.63. The van der Waals surface area contributed by atoms with Crippen LogP contribution in [0.2, 0.25) is 0 Å². The minimum atomic E-state index is -0.385. The zero-order valence-corrected chi connectivity index (χ0v) is 22.1. The predicted octanol–water partition coefficient (Wildman–Crippen LogP) is 2.11. The van der Waals surface area contributed by atoms with Gasteiger partial charge >= 0.3 is 0 Å². The lowest BCUT2D eigenvalue weighted by molar-refractivity contribution is -0.134. The number of amides is 3. The summed E-state index contributed by atoms with van der Waals surface area (Å²) in [6.07, 6.45) is 6.99. The van der Waals surface area contributed by atoms with Gasteiger partial charge in [0.1, 0.15) is 11.6 Å². The smallest absolute Gasteiger partial charge is 0.252 e. The number of methoxy groups -OCH3 is 1. The maximum atomic E-state index is 12.5. The fourth-order valence-electron chi connectivity index (χ4n) is 4.12. The molecule has 4 rings (SSSR count). The Kier molecular flexibility index (Phi) is 7.94. The van der Waals surface area contributed by atoms with Crippen LogP contribution in [0.25, 0.3) is 11.1 Å². The molecule has 3 N–H and O–H groups in total. The van der Waals surface area contributed by atoms with Crippen LogP contribution >= 0.6 is 0 Å². The molecule has 0 radical (unpaired) electrons. The number of para-hydroxylation sites is 1. The van der Waals surface area contributed by atoms with E-state index in [0.717, 1.165) is 24.0 Å². The summed E-state index contributed by atoms with van der Waals surface area (Å²) >= 11 is 0. The Bertz CT molecular complexity index is 1320. The summed E-state index contributed by atoms with van der Waals surface area (Å²) in [5.41, 5.74) is 2.74. The molecule has 2 fully saturated rings. The Hall–Kier alpha value is -4.41. The summed E-state index contributed by atoms with van der Waals surface area (Å²) < 4.78 is 7.64. The molecule has 11 nitrogen and oxygen atoms in total. The molecule has 11 heteroatoms. The average molecular weight is 520 g/mol. The minimum Gasteiger partial charge on any atom is -0.494 e. The van der Waals surface area contributed by atoms with Crippen LogP contribution in [0.1, 0.15) is 25.8 Å². The Morgan fingerprint density at radius 1 is 1.24 bits per heavy atom. The van der Waals surface area contributed by atoms with Crippen molar-refractivity contribution in [3.8, 4) is 16.9 Å². The Balaban J connectivity index is 1.62. The van der Waals surface area contributed by atoms with Gasteiger partial charge in [0.15, 0.2) is 0 Å². The molecule has 1 saturated carbocycles. The van der Waals surface area contributed by atoms with E-state index in [4.69, 9.17) is 4.74 Å². The van der Waals surface area contributed by atoms with E-state index in [1.165, 1.54) is 7.05 Å². The van der Waals surface area contributed by atoms with E-state index in [0.29, 0.717) is 36.1 Å². The number of anilines is 1. The highest BCUT2D eigenvalue weighted by atomic mass is 16.5. The molecular formula is C27H33N7O4. The lowest BCUT2D eigenvalue weighted by Crippen LogP contribution is -2.49. The van der Waals surface area contributed by atoms with E-state index < -0.39 is 0 Å². The fraction of sp³-hybridized carbons (Fsp3) is 0.370. The van der Waals surface area contributed by atoms with Gasteiger partial charge in [-0.2, -0.15) is 5.10 Å². The van der Waals surface area contributed by atoms with Gasteiger partial charge in [-0.05, 0) is 18.9 Å². The van der Waals surface area contributed by atoms with Crippen molar-refractivity contribution in [3.63, 3.8) is 0 Å². The summed E-state index contributed by atoms with van der Waals surface area (Å²) in [5.74, 6) is 0.427. The number of ether oxygens (including phenoxy) is 1. The molecular weight excluding hydrogens is 486 g/mol. The number of benzene rings is 1. The molecule has 0 bridgehead atoms. The van der Waals surface area contributed by atoms with Gasteiger partial charge in [-0.1, -0.05) is 18.7 Å². The molecule has 38 heavy (non-hydrogen) atoms. The van der Waals surface area contributed by atoms with E-state index in [9.17, 15) is 14.4 Å². The number of carbonyl (C=O) groups is 3. The average Bonchev–Trinajstić information content (AvgIpc) is 3.63. The van der Waals surface area contributed by atoms with Crippen molar-refractivity contribution in [1.82, 2.24) is 25.3 Å². The minimum absolute atomic E-state index is 0.00172. The second kappa shape index (κ2) is 11.3. The van der Waals surface area contributed by atoms with Gasteiger partial charge in [-0.15, -0.1) is 0 Å². The highest BCUT2D eigenvalue weighted by Gasteiger charge is 2.31. The fourth-order valence-corrected chi connectivity index (χ4v) is 4.12. The van der Waals surface area contributed by atoms with Crippen molar-refractivity contribution in [2.45, 2.75) is 25.8 Å². The van der Waals surface area contributed by atoms with Crippen LogP contribution in [0.15, 0.2) is 59.5 Å². The number of aliphatic imine (C=N–C) groups is 1. The van der Waals surface area contributed by atoms with Crippen LogP contribution in [0.3, 0.4) is 0 Å². The Morgan fingerprint density at radius 2 is 1.97 bits per heavy atom. The number of amidine groups is 1. The molecule has 200 valence electrons. The predicted molar refractivity (Wildman–Crippen MR) is 145 cm³/mol. The molecule has 2 heterocycles. The second-order valence-corrected chi connectivity index (χ2v) is 9.29. The monoisotopic (exact) mass is 519 g/mol. The van der Waals surface area contributed by atoms with E-state index in [1.54, 1.807) is 38.3 Å². The van der Waals surface area contributed by atoms with Crippen molar-refractivity contribution >= 4 is 29.2 Å². The van der Waals surface area contributed by atoms with Crippen LogP contribution < -0.4 is 20.7 Å². The summed E-state index contributed by atoms with van der Waals surface area (Å²) in [6.45, 7) is 6.75. The van der Waals surface area contributed by atoms with E-state index >= 15 is 0 Å². The summed E-state index contributed by atoms with van der Waals surface area (Å²) in [7, 11) is 4.65. The number of hydrogen-bond acceptors (Lipinski definition) is 7. The lowest BCUT2D eigenvalue weighted by Gasteiger charge is -2.38. The number of aromatic nitrogens is 2. The molecule has 2 aromatic rings. The van der Waals surface area contributed by atoms with Crippen molar-refractivity contribution in [2.75, 3.05) is 39.6 Å². The zero-order valence-electron chi connectivity index (χ0n) is 22.1. The van der Waals surface area contributed by atoms with Crippen LogP contribution in [0.4, 0.5) is 5.69 Å². The van der Waals surface area contributed by atoms with Gasteiger partial charge in [-0.3, -0.25) is 24.1 Å². The van der Waals surface area contributed by atoms with Gasteiger partial charge in [-0.25, -0.2) is 0 Å². The van der Waals surface area contributed by atoms with Gasteiger partial charge in [0, 0.05) is 63.4 Å². The number of nitrogens with zero attached hydrogens (tertiary/aromatic N) is 4. The van der Waals surface area contributed by atoms with Gasteiger partial charge in [0.05, 0.1) is 36.3 Å². The standard InChI is InChI=1S/C27H33N7O4/c1-16(26(36)29-4)23(11-24(28-3)32-27(37)18-9-10-18)31-22-8-6-7-21(25(22)38-5)19-12-30-34(13-19)20-14-33(15-20)17(2)35/h6-8,11-13,18,20,31H,1,9-10,14-15H2,2-5H3,(H,29,36)(H,28,32,37)/b23-11+. The molecule has 2 aliphatic rings. The molecule has 1 aliphatic carbocycles. The van der Waals surface area contributed by atoms with Gasteiger partial charge < -0.3 is 25.6 Å². The maximum Gasteiger partial charge on any atom is 0.252 e. The molecule has 0 unspecified atom stereocenters. The Labute approximate surface area is 221 Å². The molecule has 0 atom stereocenters. The van der Waals surface area contributed by atoms with Crippen LogP contribution in [-0.4, -0.2) is 72.5 Å². The molecule has 1 saturated heterocycles. The molecule has 1 aromatic heterocycles. The number of likely N-dealkylation sites (tertiary alicyclic amines) is 1. The first-order valence-electron chi connectivity index (χ1n) is 12.4. The first kappa shape index (κ1) is 26.6. The highest BCUT2D eigenvalue weighted by Crippen LogP contribution is 2.38. The third-order valence-electron chi connectivity index (χ3n) is 6.63. The number of likely N-dealkylation sites (N-methyl/N-ethyl adjacent to an activating group) is 1. The summed E-state index contributed by atoms with van der Waals surface area (Å²) in [5, 5.41) is 13.1. The number of rotatable bonds is 9. The SMILES string of the molecule is C=C(C(=O)NC)/C(=C\C(=NC)NC(=O)C1CC1)Nc1cccc(-c2cnn(C3CN(C(C)=O)C3)c2)c1OC. The molecule has 0 spiro atoms.